The number of aliphatic hydroxyl groups is 4. The molecule has 0 aromatic heterocycles. The van der Waals surface area contributed by atoms with Crippen LogP contribution in [0.1, 0.15) is 48.8 Å². The summed E-state index contributed by atoms with van der Waals surface area (Å²) in [7, 11) is 1.90. The molecule has 2 aliphatic carbocycles. The zero-order chi connectivity index (χ0) is 36.0. The van der Waals surface area contributed by atoms with Gasteiger partial charge in [-0.15, -0.1) is 0 Å². The lowest BCUT2D eigenvalue weighted by molar-refractivity contribution is -0.187. The number of hydrogen-bond acceptors (Lipinski definition) is 15. The van der Waals surface area contributed by atoms with Gasteiger partial charge >= 0.3 is 35.8 Å². The van der Waals surface area contributed by atoms with E-state index in [0.29, 0.717) is 42.7 Å². The summed E-state index contributed by atoms with van der Waals surface area (Å²) in [6, 6.07) is 3.22. The van der Waals surface area contributed by atoms with Gasteiger partial charge in [0.15, 0.2) is 18.3 Å². The monoisotopic (exact) mass is 693 g/mol. The van der Waals surface area contributed by atoms with Crippen molar-refractivity contribution in [2.75, 3.05) is 13.6 Å². The van der Waals surface area contributed by atoms with Crippen LogP contribution in [0.4, 0.5) is 0 Å². The number of carbonyl (C=O) groups is 6. The molecule has 8 atom stereocenters. The topological polar surface area (TPSA) is 284 Å². The van der Waals surface area contributed by atoms with Crippen molar-refractivity contribution in [1.82, 2.24) is 4.90 Å². The number of nitrogens with zero attached hydrogens (tertiary/aromatic N) is 1. The molecule has 1 fully saturated rings. The fourth-order valence-electron chi connectivity index (χ4n) is 7.41. The van der Waals surface area contributed by atoms with Gasteiger partial charge in [0, 0.05) is 23.6 Å². The number of aliphatic carboxylic acids is 3. The molecule has 5 rings (SSSR count). The van der Waals surface area contributed by atoms with E-state index in [2.05, 4.69) is 9.64 Å². The molecule has 266 valence electrons. The molecule has 1 saturated heterocycles. The number of ether oxygens (including phenoxy) is 4. The molecule has 0 unspecified atom stereocenters. The van der Waals surface area contributed by atoms with E-state index < -0.39 is 90.2 Å². The Labute approximate surface area is 277 Å². The van der Waals surface area contributed by atoms with Gasteiger partial charge in [0.05, 0.1) is 30.5 Å². The first-order valence-corrected chi connectivity index (χ1v) is 15.3. The Balaban J connectivity index is 1.44. The molecular weight excluding hydrogens is 658 g/mol. The van der Waals surface area contributed by atoms with Crippen molar-refractivity contribution in [1.29, 1.82) is 0 Å². The molecule has 1 aromatic rings. The standard InChI is InChI=1S/C31H35NO17/c1-32-8-2-6-30-21-13-3-4-14(12-33)24(21)49-25(30)15(5-7-31(30,45)18(32)9-13)46-20(36)11-17(48-29(44)23(38)22(37)27(41)42)28(43)47-16(26(39)40)10-19(34)35/h3-5,16-18,22-23,25,33,37-38,45H,2,6-12H2,1H3,(H,34,35)(H,39,40)(H,41,42)/t16-,17+,18-,22-,23-,25+,30+,31-/m1/s1. The molecule has 0 radical (unpaired) electrons. The summed E-state index contributed by atoms with van der Waals surface area (Å²) in [5.74, 6) is -10.3. The van der Waals surface area contributed by atoms with E-state index in [1.54, 1.807) is 6.07 Å². The van der Waals surface area contributed by atoms with Gasteiger partial charge < -0.3 is 59.6 Å². The molecule has 0 amide bonds. The quantitative estimate of drug-likeness (QED) is 0.0866. The predicted molar refractivity (Wildman–Crippen MR) is 155 cm³/mol. The molecule has 2 aliphatic heterocycles. The number of hydrogen-bond donors (Lipinski definition) is 7. The third-order valence-corrected chi connectivity index (χ3v) is 9.64. The average molecular weight is 694 g/mol. The minimum atomic E-state index is -2.76. The molecular formula is C31H35NO17. The van der Waals surface area contributed by atoms with Crippen molar-refractivity contribution in [3.63, 3.8) is 0 Å². The van der Waals surface area contributed by atoms with Crippen LogP contribution in [0.5, 0.6) is 5.75 Å². The van der Waals surface area contributed by atoms with Gasteiger partial charge in [0.25, 0.3) is 0 Å². The molecule has 0 saturated carbocycles. The van der Waals surface area contributed by atoms with Crippen molar-refractivity contribution in [3.05, 3.63) is 40.7 Å². The highest BCUT2D eigenvalue weighted by atomic mass is 16.6. The van der Waals surface area contributed by atoms with Gasteiger partial charge in [-0.25, -0.2) is 19.2 Å². The number of benzene rings is 1. The van der Waals surface area contributed by atoms with Crippen molar-refractivity contribution < 1.29 is 83.5 Å². The highest BCUT2D eigenvalue weighted by Crippen LogP contribution is 2.64. The van der Waals surface area contributed by atoms with Crippen LogP contribution < -0.4 is 4.74 Å². The number of rotatable bonds is 13. The van der Waals surface area contributed by atoms with Crippen molar-refractivity contribution in [2.45, 2.75) is 92.7 Å². The van der Waals surface area contributed by atoms with Gasteiger partial charge in [-0.2, -0.15) is 0 Å². The van der Waals surface area contributed by atoms with Gasteiger partial charge in [-0.05, 0) is 44.5 Å². The lowest BCUT2D eigenvalue weighted by atomic mass is 9.52. The van der Waals surface area contributed by atoms with E-state index in [0.717, 1.165) is 5.56 Å². The van der Waals surface area contributed by atoms with E-state index >= 15 is 0 Å². The molecule has 18 heteroatoms. The lowest BCUT2D eigenvalue weighted by Crippen LogP contribution is -2.69. The predicted octanol–water partition coefficient (Wildman–Crippen LogP) is -2.03. The van der Waals surface area contributed by atoms with E-state index in [9.17, 15) is 54.3 Å². The van der Waals surface area contributed by atoms with Gasteiger partial charge in [0.2, 0.25) is 12.2 Å². The number of carboxylic acid groups (broad SMARTS) is 3. The molecule has 2 heterocycles. The molecule has 7 N–H and O–H groups in total. The van der Waals surface area contributed by atoms with Gasteiger partial charge in [0.1, 0.15) is 11.5 Å². The number of likely N-dealkylation sites (N-methyl/N-ethyl adjacent to an activating group) is 1. The first kappa shape index (κ1) is 35.7. The second-order valence-corrected chi connectivity index (χ2v) is 12.4. The molecule has 4 aliphatic rings. The first-order chi connectivity index (χ1) is 23.0. The summed E-state index contributed by atoms with van der Waals surface area (Å²) >= 11 is 0. The van der Waals surface area contributed by atoms with Crippen LogP contribution in [-0.4, -0.2) is 132 Å². The summed E-state index contributed by atoms with van der Waals surface area (Å²) in [5, 5.41) is 69.2. The van der Waals surface area contributed by atoms with Crippen LogP contribution in [-0.2, 0) is 61.4 Å². The Bertz CT molecular complexity index is 1610. The second-order valence-electron chi connectivity index (χ2n) is 12.4. The van der Waals surface area contributed by atoms with Gasteiger partial charge in [-0.3, -0.25) is 9.59 Å². The zero-order valence-electron chi connectivity index (χ0n) is 26.0. The van der Waals surface area contributed by atoms with Crippen LogP contribution in [0.25, 0.3) is 0 Å². The van der Waals surface area contributed by atoms with Crippen molar-refractivity contribution in [2.24, 2.45) is 0 Å². The molecule has 2 bridgehead atoms. The Kier molecular flexibility index (Phi) is 9.73. The normalized spacial score (nSPS) is 27.5. The zero-order valence-corrected chi connectivity index (χ0v) is 26.0. The third kappa shape index (κ3) is 6.10. The third-order valence-electron chi connectivity index (χ3n) is 9.64. The maximum Gasteiger partial charge on any atom is 0.348 e. The molecule has 1 spiro atoms. The summed E-state index contributed by atoms with van der Waals surface area (Å²) in [6.07, 6.45) is -10.8. The maximum absolute atomic E-state index is 13.4. The van der Waals surface area contributed by atoms with Crippen LogP contribution in [0.3, 0.4) is 0 Å². The number of carboxylic acids is 3. The lowest BCUT2D eigenvalue weighted by Gasteiger charge is -2.56. The van der Waals surface area contributed by atoms with Gasteiger partial charge in [-0.1, -0.05) is 12.1 Å². The number of esters is 3. The molecule has 49 heavy (non-hydrogen) atoms. The largest absolute Gasteiger partial charge is 0.481 e. The number of aliphatic hydroxyl groups excluding tert-OH is 3. The van der Waals surface area contributed by atoms with Crippen LogP contribution in [0.15, 0.2) is 24.0 Å². The summed E-state index contributed by atoms with van der Waals surface area (Å²) in [4.78, 5) is 74.5. The van der Waals surface area contributed by atoms with E-state index in [-0.39, 0.29) is 24.8 Å². The Morgan fingerprint density at radius 3 is 2.31 bits per heavy atom. The minimum absolute atomic E-state index is 0.00190. The van der Waals surface area contributed by atoms with E-state index in [1.165, 1.54) is 6.08 Å². The van der Waals surface area contributed by atoms with Crippen molar-refractivity contribution >= 4 is 35.8 Å². The minimum Gasteiger partial charge on any atom is -0.481 e. The fourth-order valence-corrected chi connectivity index (χ4v) is 7.41. The number of likely N-dealkylation sites (tertiary alicyclic amines) is 1. The maximum atomic E-state index is 13.4. The summed E-state index contributed by atoms with van der Waals surface area (Å²) < 4.78 is 21.4. The highest BCUT2D eigenvalue weighted by molar-refractivity contribution is 5.90. The Morgan fingerprint density at radius 1 is 0.980 bits per heavy atom. The van der Waals surface area contributed by atoms with Crippen LogP contribution >= 0.6 is 0 Å². The summed E-state index contributed by atoms with van der Waals surface area (Å²) in [6.45, 7) is 0.256. The number of carbonyl (C=O) groups excluding carboxylic acids is 3. The smallest absolute Gasteiger partial charge is 0.348 e. The Hall–Kier alpha value is -4.62. The molecule has 18 nitrogen and oxygen atoms in total. The SMILES string of the molecule is CN1CCC[C@]23c4c5ccc(CO)c4O[C@H]2C(OC(=O)C[C@H](OC(=O)[C@H](O)[C@@H](O)C(=O)O)C(=O)O[C@H](CC(=O)O)C(=O)O)=CC[C@@]3(O)[C@H]1C5. The Morgan fingerprint density at radius 2 is 1.67 bits per heavy atom. The van der Waals surface area contributed by atoms with E-state index in [4.69, 9.17) is 24.4 Å². The van der Waals surface area contributed by atoms with E-state index in [1.807, 2.05) is 13.1 Å². The second kappa shape index (κ2) is 13.4. The van der Waals surface area contributed by atoms with Crippen molar-refractivity contribution in [3.8, 4) is 5.75 Å². The van der Waals surface area contributed by atoms with Crippen LogP contribution in [0, 0.1) is 0 Å². The fraction of sp³-hybridized carbons (Fsp3) is 0.548. The average Bonchev–Trinajstić information content (AvgIpc) is 3.38. The molecule has 1 aromatic carbocycles. The first-order valence-electron chi connectivity index (χ1n) is 15.3. The van der Waals surface area contributed by atoms with Crippen LogP contribution in [0.2, 0.25) is 0 Å². The summed E-state index contributed by atoms with van der Waals surface area (Å²) in [5.41, 5.74) is -0.507. The highest BCUT2D eigenvalue weighted by Gasteiger charge is 2.70.